The second kappa shape index (κ2) is 10.2. The maximum Gasteiger partial charge on any atom is 0.254 e. The zero-order valence-corrected chi connectivity index (χ0v) is 20.4. The maximum absolute atomic E-state index is 13.2. The third-order valence-electron chi connectivity index (χ3n) is 6.49. The summed E-state index contributed by atoms with van der Waals surface area (Å²) >= 11 is 0. The highest BCUT2D eigenvalue weighted by molar-refractivity contribution is 5.94. The number of fused-ring (bicyclic) bond motifs is 1. The maximum atomic E-state index is 13.2. The van der Waals surface area contributed by atoms with E-state index in [1.165, 1.54) is 18.8 Å². The fourth-order valence-corrected chi connectivity index (χ4v) is 4.77. The SMILES string of the molecule is CC(=O)Nc1ccc(NC(=O)C2CCCN(c3c(Cc4ccccc4)c(C)nc4ncnn34)C2)cc1. The molecule has 1 atom stereocenters. The Morgan fingerprint density at radius 1 is 1.03 bits per heavy atom. The van der Waals surface area contributed by atoms with E-state index >= 15 is 0 Å². The lowest BCUT2D eigenvalue weighted by Crippen LogP contribution is -2.42. The lowest BCUT2D eigenvalue weighted by Gasteiger charge is -2.35. The molecule has 1 saturated heterocycles. The van der Waals surface area contributed by atoms with Gasteiger partial charge in [-0.3, -0.25) is 9.59 Å². The third kappa shape index (κ3) is 5.05. The van der Waals surface area contributed by atoms with Crippen molar-refractivity contribution >= 4 is 34.8 Å². The average Bonchev–Trinajstić information content (AvgIpc) is 3.34. The van der Waals surface area contributed by atoms with Gasteiger partial charge in [0.25, 0.3) is 5.78 Å². The molecular weight excluding hydrogens is 454 g/mol. The molecular formula is C27H29N7O2. The summed E-state index contributed by atoms with van der Waals surface area (Å²) in [5, 5.41) is 10.2. The highest BCUT2D eigenvalue weighted by Gasteiger charge is 2.29. The summed E-state index contributed by atoms with van der Waals surface area (Å²) in [4.78, 5) is 35.7. The number of hydrogen-bond donors (Lipinski definition) is 2. The first kappa shape index (κ1) is 23.5. The molecule has 184 valence electrons. The normalized spacial score (nSPS) is 15.6. The van der Waals surface area contributed by atoms with Gasteiger partial charge in [-0.1, -0.05) is 30.3 Å². The lowest BCUT2D eigenvalue weighted by molar-refractivity contribution is -0.120. The number of anilines is 3. The van der Waals surface area contributed by atoms with Gasteiger partial charge in [-0.15, -0.1) is 0 Å². The number of amides is 2. The van der Waals surface area contributed by atoms with E-state index in [2.05, 4.69) is 42.7 Å². The van der Waals surface area contributed by atoms with Crippen LogP contribution in [0.15, 0.2) is 60.9 Å². The molecule has 1 aliphatic rings. The Kier molecular flexibility index (Phi) is 6.62. The van der Waals surface area contributed by atoms with Crippen molar-refractivity contribution in [2.45, 2.75) is 33.1 Å². The Morgan fingerprint density at radius 2 is 1.75 bits per heavy atom. The Bertz CT molecular complexity index is 1380. The minimum atomic E-state index is -0.176. The van der Waals surface area contributed by atoms with Crippen molar-refractivity contribution in [2.24, 2.45) is 5.92 Å². The van der Waals surface area contributed by atoms with Crippen LogP contribution >= 0.6 is 0 Å². The zero-order chi connectivity index (χ0) is 25.1. The van der Waals surface area contributed by atoms with Crippen LogP contribution in [-0.2, 0) is 16.0 Å². The highest BCUT2D eigenvalue weighted by Crippen LogP contribution is 2.30. The largest absolute Gasteiger partial charge is 0.355 e. The molecule has 0 bridgehead atoms. The molecule has 36 heavy (non-hydrogen) atoms. The van der Waals surface area contributed by atoms with Gasteiger partial charge in [0.15, 0.2) is 0 Å². The van der Waals surface area contributed by atoms with Gasteiger partial charge in [-0.2, -0.15) is 14.6 Å². The number of aryl methyl sites for hydroxylation is 1. The van der Waals surface area contributed by atoms with Gasteiger partial charge in [0.05, 0.1) is 5.92 Å². The molecule has 9 nitrogen and oxygen atoms in total. The Hall–Kier alpha value is -4.27. The van der Waals surface area contributed by atoms with Crippen molar-refractivity contribution in [3.8, 4) is 0 Å². The van der Waals surface area contributed by atoms with Crippen LogP contribution in [0.4, 0.5) is 17.2 Å². The van der Waals surface area contributed by atoms with Crippen LogP contribution in [-0.4, -0.2) is 44.5 Å². The van der Waals surface area contributed by atoms with Crippen LogP contribution < -0.4 is 15.5 Å². The second-order valence-corrected chi connectivity index (χ2v) is 9.17. The van der Waals surface area contributed by atoms with Gasteiger partial charge in [-0.25, -0.2) is 4.98 Å². The van der Waals surface area contributed by atoms with E-state index in [-0.39, 0.29) is 17.7 Å². The van der Waals surface area contributed by atoms with Crippen LogP contribution in [0.3, 0.4) is 0 Å². The van der Waals surface area contributed by atoms with Gasteiger partial charge in [0.2, 0.25) is 11.8 Å². The summed E-state index contributed by atoms with van der Waals surface area (Å²) in [5.41, 5.74) is 4.60. The Labute approximate surface area is 209 Å². The molecule has 0 radical (unpaired) electrons. The van der Waals surface area contributed by atoms with Crippen molar-refractivity contribution in [2.75, 3.05) is 28.6 Å². The fourth-order valence-electron chi connectivity index (χ4n) is 4.77. The van der Waals surface area contributed by atoms with E-state index < -0.39 is 0 Å². The molecule has 5 rings (SSSR count). The lowest BCUT2D eigenvalue weighted by atomic mass is 9.95. The Morgan fingerprint density at radius 3 is 2.47 bits per heavy atom. The number of benzene rings is 2. The molecule has 9 heteroatoms. The number of piperidine rings is 1. The van der Waals surface area contributed by atoms with Gasteiger partial charge in [0, 0.05) is 49.1 Å². The molecule has 0 aliphatic carbocycles. The number of hydrogen-bond acceptors (Lipinski definition) is 6. The summed E-state index contributed by atoms with van der Waals surface area (Å²) in [5.74, 6) is 1.19. The molecule has 0 saturated carbocycles. The van der Waals surface area contributed by atoms with Crippen molar-refractivity contribution in [3.05, 3.63) is 77.7 Å². The smallest absolute Gasteiger partial charge is 0.254 e. The van der Waals surface area contributed by atoms with Gasteiger partial charge < -0.3 is 15.5 Å². The van der Waals surface area contributed by atoms with Crippen LogP contribution in [0, 0.1) is 12.8 Å². The van der Waals surface area contributed by atoms with Crippen molar-refractivity contribution < 1.29 is 9.59 Å². The average molecular weight is 484 g/mol. The molecule has 2 aromatic heterocycles. The molecule has 4 aromatic rings. The van der Waals surface area contributed by atoms with E-state index in [1.54, 1.807) is 28.8 Å². The standard InChI is InChI=1S/C27H29N7O2/c1-18-24(15-20-7-4-3-5-8-20)26(34-27(30-18)28-17-29-34)33-14-6-9-21(16-33)25(36)32-23-12-10-22(11-13-23)31-19(2)35/h3-5,7-8,10-13,17,21H,6,9,14-16H2,1-2H3,(H,31,35)(H,32,36). The first-order valence-electron chi connectivity index (χ1n) is 12.1. The molecule has 2 aromatic carbocycles. The van der Waals surface area contributed by atoms with Crippen molar-refractivity contribution in [1.82, 2.24) is 19.6 Å². The predicted octanol–water partition coefficient (Wildman–Crippen LogP) is 3.84. The molecule has 2 N–H and O–H groups in total. The third-order valence-corrected chi connectivity index (χ3v) is 6.49. The van der Waals surface area contributed by atoms with E-state index in [1.807, 2.05) is 25.1 Å². The van der Waals surface area contributed by atoms with Crippen LogP contribution in [0.2, 0.25) is 0 Å². The van der Waals surface area contributed by atoms with E-state index in [4.69, 9.17) is 0 Å². The number of carbonyl (C=O) groups excluding carboxylic acids is 2. The molecule has 3 heterocycles. The molecule has 2 amide bonds. The van der Waals surface area contributed by atoms with Gasteiger partial charge >= 0.3 is 0 Å². The molecule has 0 spiro atoms. The van der Waals surface area contributed by atoms with Gasteiger partial charge in [0.1, 0.15) is 12.1 Å². The van der Waals surface area contributed by atoms with Crippen LogP contribution in [0.1, 0.15) is 36.6 Å². The summed E-state index contributed by atoms with van der Waals surface area (Å²) in [6.07, 6.45) is 3.95. The summed E-state index contributed by atoms with van der Waals surface area (Å²) in [7, 11) is 0. The topological polar surface area (TPSA) is 105 Å². The monoisotopic (exact) mass is 483 g/mol. The predicted molar refractivity (Wildman–Crippen MR) is 139 cm³/mol. The number of nitrogens with zero attached hydrogens (tertiary/aromatic N) is 5. The summed E-state index contributed by atoms with van der Waals surface area (Å²) in [6, 6.07) is 17.5. The van der Waals surface area contributed by atoms with E-state index in [9.17, 15) is 9.59 Å². The first-order chi connectivity index (χ1) is 17.5. The quantitative estimate of drug-likeness (QED) is 0.432. The Balaban J connectivity index is 1.38. The minimum absolute atomic E-state index is 0.0165. The number of nitrogens with one attached hydrogen (secondary N) is 2. The molecule has 1 aliphatic heterocycles. The van der Waals surface area contributed by atoms with Crippen LogP contribution in [0.25, 0.3) is 5.78 Å². The number of rotatable bonds is 6. The number of carbonyl (C=O) groups is 2. The summed E-state index contributed by atoms with van der Waals surface area (Å²) < 4.78 is 1.80. The zero-order valence-electron chi connectivity index (χ0n) is 20.4. The van der Waals surface area contributed by atoms with Crippen LogP contribution in [0.5, 0.6) is 0 Å². The summed E-state index contributed by atoms with van der Waals surface area (Å²) in [6.45, 7) is 4.88. The fraction of sp³-hybridized carbons (Fsp3) is 0.296. The minimum Gasteiger partial charge on any atom is -0.355 e. The van der Waals surface area contributed by atoms with Crippen molar-refractivity contribution in [3.63, 3.8) is 0 Å². The van der Waals surface area contributed by atoms with Crippen molar-refractivity contribution in [1.29, 1.82) is 0 Å². The van der Waals surface area contributed by atoms with Gasteiger partial charge in [-0.05, 0) is 49.6 Å². The molecule has 1 unspecified atom stereocenters. The molecule has 1 fully saturated rings. The first-order valence-corrected chi connectivity index (χ1v) is 12.1. The number of aromatic nitrogens is 4. The second-order valence-electron chi connectivity index (χ2n) is 9.17. The highest BCUT2D eigenvalue weighted by atomic mass is 16.2. The van der Waals surface area contributed by atoms with E-state index in [0.29, 0.717) is 23.7 Å². The van der Waals surface area contributed by atoms with E-state index in [0.717, 1.165) is 42.9 Å².